The summed E-state index contributed by atoms with van der Waals surface area (Å²) in [5, 5.41) is 21.8. The number of benzene rings is 2. The summed E-state index contributed by atoms with van der Waals surface area (Å²) in [6, 6.07) is 15.9. The minimum Gasteiger partial charge on any atom is -0.385 e. The number of nitrogens with one attached hydrogen (secondary N) is 2. The van der Waals surface area contributed by atoms with E-state index in [4.69, 9.17) is 0 Å². The molecule has 136 valence electrons. The van der Waals surface area contributed by atoms with Crippen molar-refractivity contribution in [1.82, 2.24) is 25.7 Å². The molecule has 1 atom stereocenters. The maximum absolute atomic E-state index is 12.6. The molecule has 1 unspecified atom stereocenters. The van der Waals surface area contributed by atoms with Crippen molar-refractivity contribution in [2.75, 3.05) is 11.9 Å². The Balaban J connectivity index is 1.36. The van der Waals surface area contributed by atoms with E-state index < -0.39 is 0 Å². The van der Waals surface area contributed by atoms with Gasteiger partial charge in [-0.15, -0.1) is 20.4 Å². The van der Waals surface area contributed by atoms with Gasteiger partial charge in [-0.1, -0.05) is 42.5 Å². The van der Waals surface area contributed by atoms with Crippen LogP contribution in [0.4, 0.5) is 5.69 Å². The first-order chi connectivity index (χ1) is 13.3. The molecule has 7 heteroatoms. The van der Waals surface area contributed by atoms with Gasteiger partial charge in [-0.25, -0.2) is 0 Å². The van der Waals surface area contributed by atoms with Gasteiger partial charge >= 0.3 is 0 Å². The van der Waals surface area contributed by atoms with Crippen molar-refractivity contribution in [3.05, 3.63) is 66.0 Å². The Kier molecular flexibility index (Phi) is 5.00. The second kappa shape index (κ2) is 7.90. The summed E-state index contributed by atoms with van der Waals surface area (Å²) >= 11 is 0. The molecule has 0 radical (unpaired) electrons. The van der Waals surface area contributed by atoms with Crippen LogP contribution >= 0.6 is 0 Å². The summed E-state index contributed by atoms with van der Waals surface area (Å²) in [6.07, 6.45) is 2.89. The summed E-state index contributed by atoms with van der Waals surface area (Å²) in [4.78, 5) is 12.6. The van der Waals surface area contributed by atoms with E-state index in [9.17, 15) is 4.79 Å². The molecule has 3 aromatic rings. The highest BCUT2D eigenvalue weighted by molar-refractivity contribution is 5.79. The van der Waals surface area contributed by atoms with Crippen molar-refractivity contribution < 1.29 is 4.79 Å². The van der Waals surface area contributed by atoms with E-state index >= 15 is 0 Å². The fourth-order valence-electron chi connectivity index (χ4n) is 3.27. The summed E-state index contributed by atoms with van der Waals surface area (Å²) in [5.74, 6) is 0.561. The van der Waals surface area contributed by atoms with Crippen LogP contribution in [0, 0.1) is 5.92 Å². The summed E-state index contributed by atoms with van der Waals surface area (Å²) in [6.45, 7) is 1.31. The Bertz CT molecular complexity index is 913. The van der Waals surface area contributed by atoms with Crippen molar-refractivity contribution in [2.24, 2.45) is 5.92 Å². The average Bonchev–Trinajstić information content (AvgIpc) is 2.96. The number of carbonyl (C=O) groups excluding carboxylic acids is 1. The van der Waals surface area contributed by atoms with Gasteiger partial charge in [0.1, 0.15) is 0 Å². The number of rotatable bonds is 4. The number of hydrogen-bond acceptors (Lipinski definition) is 6. The van der Waals surface area contributed by atoms with Crippen molar-refractivity contribution in [2.45, 2.75) is 19.4 Å². The van der Waals surface area contributed by atoms with Gasteiger partial charge in [-0.2, -0.15) is 0 Å². The van der Waals surface area contributed by atoms with Crippen LogP contribution in [0.15, 0.2) is 54.9 Å². The Hall–Kier alpha value is -3.35. The fourth-order valence-corrected chi connectivity index (χ4v) is 3.27. The highest BCUT2D eigenvalue weighted by atomic mass is 16.1. The monoisotopic (exact) mass is 360 g/mol. The van der Waals surface area contributed by atoms with E-state index in [1.165, 1.54) is 11.9 Å². The lowest BCUT2D eigenvalue weighted by atomic mass is 9.96. The fraction of sp³-hybridized carbons (Fsp3) is 0.250. The molecule has 1 amide bonds. The van der Waals surface area contributed by atoms with Gasteiger partial charge in [0.05, 0.1) is 0 Å². The highest BCUT2D eigenvalue weighted by Crippen LogP contribution is 2.24. The Morgan fingerprint density at radius 3 is 2.67 bits per heavy atom. The van der Waals surface area contributed by atoms with Gasteiger partial charge in [0.15, 0.2) is 6.33 Å². The standard InChI is InChI=1S/C20H20N6O/c27-20(17-9-10-21-18-4-2-1-3-16(18)11-17)22-12-14-5-7-15(8-6-14)19-25-23-13-24-26-19/h1-8,13,17,21H,9-12H2,(H,22,27). The zero-order chi connectivity index (χ0) is 18.5. The van der Waals surface area contributed by atoms with Crippen LogP contribution in [-0.4, -0.2) is 32.8 Å². The van der Waals surface area contributed by atoms with E-state index in [1.54, 1.807) is 0 Å². The molecule has 0 saturated carbocycles. The predicted molar refractivity (Wildman–Crippen MR) is 102 cm³/mol. The number of hydrogen-bond donors (Lipinski definition) is 2. The molecule has 2 aromatic carbocycles. The predicted octanol–water partition coefficient (Wildman–Crippen LogP) is 2.22. The maximum atomic E-state index is 12.6. The molecule has 7 nitrogen and oxygen atoms in total. The molecule has 1 aliphatic rings. The molecule has 0 aliphatic carbocycles. The molecule has 0 bridgehead atoms. The number of nitrogens with zero attached hydrogens (tertiary/aromatic N) is 4. The van der Waals surface area contributed by atoms with Crippen molar-refractivity contribution in [1.29, 1.82) is 0 Å². The molecular formula is C20H20N6O. The number of amides is 1. The molecule has 1 aliphatic heterocycles. The van der Waals surface area contributed by atoms with Crippen LogP contribution < -0.4 is 10.6 Å². The van der Waals surface area contributed by atoms with Crippen LogP contribution in [0.5, 0.6) is 0 Å². The lowest BCUT2D eigenvalue weighted by Gasteiger charge is -2.14. The summed E-state index contributed by atoms with van der Waals surface area (Å²) in [7, 11) is 0. The number of carbonyl (C=O) groups is 1. The van der Waals surface area contributed by atoms with E-state index in [1.807, 2.05) is 36.4 Å². The van der Waals surface area contributed by atoms with Crippen LogP contribution in [0.3, 0.4) is 0 Å². The SMILES string of the molecule is O=C(NCc1ccc(-c2nncnn2)cc1)C1CCNc2ccccc2C1. The average molecular weight is 360 g/mol. The van der Waals surface area contributed by atoms with Gasteiger partial charge in [-0.05, 0) is 30.0 Å². The van der Waals surface area contributed by atoms with Crippen LogP contribution in [0.2, 0.25) is 0 Å². The van der Waals surface area contributed by atoms with Crippen molar-refractivity contribution in [3.63, 3.8) is 0 Å². The number of fused-ring (bicyclic) bond motifs is 1. The first-order valence-electron chi connectivity index (χ1n) is 8.99. The second-order valence-corrected chi connectivity index (χ2v) is 6.56. The first-order valence-corrected chi connectivity index (χ1v) is 8.99. The van der Waals surface area contributed by atoms with Crippen LogP contribution in [0.1, 0.15) is 17.5 Å². The Labute approximate surface area is 157 Å². The second-order valence-electron chi connectivity index (χ2n) is 6.56. The van der Waals surface area contributed by atoms with Crippen molar-refractivity contribution in [3.8, 4) is 11.4 Å². The maximum Gasteiger partial charge on any atom is 0.223 e. The zero-order valence-electron chi connectivity index (χ0n) is 14.8. The molecule has 0 spiro atoms. The lowest BCUT2D eigenvalue weighted by Crippen LogP contribution is -2.31. The highest BCUT2D eigenvalue weighted by Gasteiger charge is 2.22. The zero-order valence-corrected chi connectivity index (χ0v) is 14.8. The minimum atomic E-state index is -0.0182. The summed E-state index contributed by atoms with van der Waals surface area (Å²) in [5.41, 5.74) is 4.20. The molecule has 2 N–H and O–H groups in total. The molecule has 0 saturated heterocycles. The lowest BCUT2D eigenvalue weighted by molar-refractivity contribution is -0.125. The largest absolute Gasteiger partial charge is 0.385 e. The van der Waals surface area contributed by atoms with E-state index in [-0.39, 0.29) is 11.8 Å². The van der Waals surface area contributed by atoms with Crippen molar-refractivity contribution >= 4 is 11.6 Å². The van der Waals surface area contributed by atoms with E-state index in [0.29, 0.717) is 12.4 Å². The first kappa shape index (κ1) is 17.1. The van der Waals surface area contributed by atoms with Gasteiger partial charge in [0.25, 0.3) is 0 Å². The Morgan fingerprint density at radius 2 is 1.85 bits per heavy atom. The quantitative estimate of drug-likeness (QED) is 0.741. The number of para-hydroxylation sites is 1. The molecule has 27 heavy (non-hydrogen) atoms. The van der Waals surface area contributed by atoms with Gasteiger partial charge in [0, 0.05) is 30.3 Å². The Morgan fingerprint density at radius 1 is 1.07 bits per heavy atom. The van der Waals surface area contributed by atoms with Crippen LogP contribution in [-0.2, 0) is 17.8 Å². The van der Waals surface area contributed by atoms with Gasteiger partial charge in [0.2, 0.25) is 11.7 Å². The normalized spacial score (nSPS) is 15.9. The number of aromatic nitrogens is 4. The third kappa shape index (κ3) is 4.08. The topological polar surface area (TPSA) is 92.7 Å². The molecule has 2 heterocycles. The van der Waals surface area contributed by atoms with E-state index in [2.05, 4.69) is 43.2 Å². The third-order valence-corrected chi connectivity index (χ3v) is 4.75. The number of anilines is 1. The smallest absolute Gasteiger partial charge is 0.223 e. The third-order valence-electron chi connectivity index (χ3n) is 4.75. The molecule has 1 aromatic heterocycles. The molecular weight excluding hydrogens is 340 g/mol. The molecule has 0 fully saturated rings. The van der Waals surface area contributed by atoms with E-state index in [0.717, 1.165) is 36.2 Å². The summed E-state index contributed by atoms with van der Waals surface area (Å²) < 4.78 is 0. The van der Waals surface area contributed by atoms with Crippen LogP contribution in [0.25, 0.3) is 11.4 Å². The van der Waals surface area contributed by atoms with Gasteiger partial charge in [-0.3, -0.25) is 4.79 Å². The van der Waals surface area contributed by atoms with Gasteiger partial charge < -0.3 is 10.6 Å². The minimum absolute atomic E-state index is 0.0182. The molecule has 4 rings (SSSR count).